The molecule has 0 spiro atoms. The van der Waals surface area contributed by atoms with Crippen LogP contribution in [0.5, 0.6) is 0 Å². The molecule has 5 aromatic rings. The van der Waals surface area contributed by atoms with Crippen LogP contribution in [-0.4, -0.2) is 50.3 Å². The van der Waals surface area contributed by atoms with E-state index >= 15 is 0 Å². The summed E-state index contributed by atoms with van der Waals surface area (Å²) in [5.74, 6) is 0. The minimum Gasteiger partial charge on any atom is -0.444 e. The second-order valence-corrected chi connectivity index (χ2v) is 14.4. The molecule has 14 heteroatoms. The van der Waals surface area contributed by atoms with E-state index in [0.717, 1.165) is 17.7 Å². The standard InChI is InChI=1S/C34H32F3N5O5S/c1-21-7-10-24(11-8-21)48(45,46)42-28-6-5-16-40(32(44)47-33(2,3)4)20-26(28)25-12-9-23(19-29(25)42)41-17-15-22(18-31(41)43)27-13-14-30(39-38-27)34(35,36)37/h7-15,17-19H,5-6,16,20H2,1-4H3. The van der Waals surface area contributed by atoms with E-state index in [9.17, 15) is 31.2 Å². The van der Waals surface area contributed by atoms with Gasteiger partial charge in [0, 0.05) is 41.0 Å². The number of benzene rings is 2. The first-order valence-corrected chi connectivity index (χ1v) is 16.6. The van der Waals surface area contributed by atoms with Crippen molar-refractivity contribution in [2.24, 2.45) is 0 Å². The maximum absolute atomic E-state index is 14.3. The summed E-state index contributed by atoms with van der Waals surface area (Å²) in [5, 5.41) is 7.46. The van der Waals surface area contributed by atoms with Gasteiger partial charge in [-0.25, -0.2) is 17.2 Å². The Hall–Kier alpha value is -4.98. The summed E-state index contributed by atoms with van der Waals surface area (Å²) in [6.07, 6.45) is -2.85. The second-order valence-electron chi connectivity index (χ2n) is 12.6. The normalized spacial score (nSPS) is 14.1. The number of halogens is 3. The maximum Gasteiger partial charge on any atom is 0.435 e. The molecule has 0 aliphatic carbocycles. The van der Waals surface area contributed by atoms with Crippen molar-refractivity contribution >= 4 is 27.0 Å². The molecule has 1 aliphatic rings. The molecular weight excluding hydrogens is 647 g/mol. The third kappa shape index (κ3) is 6.31. The molecule has 0 radical (unpaired) electrons. The Bertz CT molecular complexity index is 2200. The van der Waals surface area contributed by atoms with Crippen molar-refractivity contribution in [3.8, 4) is 16.9 Å². The Morgan fingerprint density at radius 2 is 1.67 bits per heavy atom. The molecule has 0 bridgehead atoms. The molecule has 1 amide bonds. The highest BCUT2D eigenvalue weighted by Gasteiger charge is 2.34. The van der Waals surface area contributed by atoms with Crippen LogP contribution in [0.4, 0.5) is 18.0 Å². The summed E-state index contributed by atoms with van der Waals surface area (Å²) in [6.45, 7) is 7.69. The molecule has 0 saturated heterocycles. The zero-order chi connectivity index (χ0) is 34.6. The Morgan fingerprint density at radius 3 is 2.29 bits per heavy atom. The number of amides is 1. The number of alkyl halides is 3. The SMILES string of the molecule is Cc1ccc(S(=O)(=O)n2c3c(c4ccc(-n5ccc(-c6ccc(C(F)(F)F)nn6)cc5=O)cc42)CN(C(=O)OC(C)(C)C)CCC3)cc1. The molecule has 0 saturated carbocycles. The van der Waals surface area contributed by atoms with Crippen LogP contribution in [-0.2, 0) is 33.9 Å². The quantitative estimate of drug-likeness (QED) is 0.213. The number of fused-ring (bicyclic) bond motifs is 3. The van der Waals surface area contributed by atoms with Gasteiger partial charge < -0.3 is 9.64 Å². The van der Waals surface area contributed by atoms with Gasteiger partial charge >= 0.3 is 12.3 Å². The fourth-order valence-electron chi connectivity index (χ4n) is 5.71. The summed E-state index contributed by atoms with van der Waals surface area (Å²) in [5.41, 5.74) is 0.739. The molecule has 0 N–H and O–H groups in total. The van der Waals surface area contributed by atoms with Crippen molar-refractivity contribution in [1.29, 1.82) is 0 Å². The molecule has 10 nitrogen and oxygen atoms in total. The van der Waals surface area contributed by atoms with Crippen LogP contribution in [0.15, 0.2) is 82.6 Å². The minimum atomic E-state index is -4.65. The number of carbonyl (C=O) groups excluding carboxylic acids is 1. The largest absolute Gasteiger partial charge is 0.444 e. The first-order chi connectivity index (χ1) is 22.5. The summed E-state index contributed by atoms with van der Waals surface area (Å²) >= 11 is 0. The highest BCUT2D eigenvalue weighted by atomic mass is 32.2. The van der Waals surface area contributed by atoms with Gasteiger partial charge in [-0.05, 0) is 83.0 Å². The van der Waals surface area contributed by atoms with Gasteiger partial charge in [0.25, 0.3) is 15.6 Å². The molecule has 2 aromatic carbocycles. The Kier molecular flexibility index (Phi) is 8.18. The molecule has 6 rings (SSSR count). The first kappa shape index (κ1) is 32.9. The Morgan fingerprint density at radius 1 is 0.938 bits per heavy atom. The number of carbonyl (C=O) groups is 1. The van der Waals surface area contributed by atoms with Crippen LogP contribution in [0.1, 0.15) is 49.7 Å². The van der Waals surface area contributed by atoms with Crippen LogP contribution in [0.2, 0.25) is 0 Å². The van der Waals surface area contributed by atoms with Gasteiger partial charge in [0.1, 0.15) is 5.60 Å². The van der Waals surface area contributed by atoms with Crippen molar-refractivity contribution in [3.05, 3.63) is 106 Å². The van der Waals surface area contributed by atoms with Crippen LogP contribution in [0.25, 0.3) is 27.8 Å². The van der Waals surface area contributed by atoms with Crippen LogP contribution in [0, 0.1) is 6.92 Å². The average molecular weight is 680 g/mol. The number of aromatic nitrogens is 4. The molecule has 0 fully saturated rings. The predicted molar refractivity (Wildman–Crippen MR) is 172 cm³/mol. The van der Waals surface area contributed by atoms with Crippen molar-refractivity contribution in [2.45, 2.75) is 63.8 Å². The van der Waals surface area contributed by atoms with E-state index in [0.29, 0.717) is 47.2 Å². The molecule has 1 aliphatic heterocycles. The number of rotatable bonds is 4. The van der Waals surface area contributed by atoms with E-state index in [2.05, 4.69) is 10.2 Å². The fraction of sp³-hybridized carbons (Fsp3) is 0.294. The number of pyridine rings is 1. The Balaban J connectivity index is 1.47. The summed E-state index contributed by atoms with van der Waals surface area (Å²) < 4.78 is 75.7. The summed E-state index contributed by atoms with van der Waals surface area (Å²) in [7, 11) is -4.13. The number of nitrogens with zero attached hydrogens (tertiary/aromatic N) is 5. The lowest BCUT2D eigenvalue weighted by Gasteiger charge is -2.26. The zero-order valence-electron chi connectivity index (χ0n) is 26.6. The van der Waals surface area contributed by atoms with Gasteiger partial charge in [0.05, 0.1) is 28.3 Å². The minimum absolute atomic E-state index is 0.0825. The average Bonchev–Trinajstić information content (AvgIpc) is 3.15. The number of aryl methyl sites for hydroxylation is 1. The predicted octanol–water partition coefficient (Wildman–Crippen LogP) is 6.50. The monoisotopic (exact) mass is 679 g/mol. The molecular formula is C34H32F3N5O5S. The van der Waals surface area contributed by atoms with Crippen molar-refractivity contribution in [3.63, 3.8) is 0 Å². The summed E-state index contributed by atoms with van der Waals surface area (Å²) in [4.78, 5) is 28.1. The lowest BCUT2D eigenvalue weighted by molar-refractivity contribution is -0.141. The van der Waals surface area contributed by atoms with Gasteiger partial charge in [-0.1, -0.05) is 23.8 Å². The van der Waals surface area contributed by atoms with Crippen LogP contribution in [0.3, 0.4) is 0 Å². The fourth-order valence-corrected chi connectivity index (χ4v) is 7.31. The van der Waals surface area contributed by atoms with E-state index in [1.165, 1.54) is 26.9 Å². The van der Waals surface area contributed by atoms with E-state index in [1.54, 1.807) is 68.1 Å². The van der Waals surface area contributed by atoms with Crippen LogP contribution < -0.4 is 5.56 Å². The number of hydrogen-bond donors (Lipinski definition) is 0. The zero-order valence-corrected chi connectivity index (χ0v) is 27.4. The van der Waals surface area contributed by atoms with Crippen molar-refractivity contribution in [1.82, 2.24) is 23.6 Å². The molecule has 48 heavy (non-hydrogen) atoms. The van der Waals surface area contributed by atoms with Gasteiger partial charge in [-0.3, -0.25) is 9.36 Å². The maximum atomic E-state index is 14.3. The smallest absolute Gasteiger partial charge is 0.435 e. The lowest BCUT2D eigenvalue weighted by Crippen LogP contribution is -2.36. The third-order valence-corrected chi connectivity index (χ3v) is 9.73. The van der Waals surface area contributed by atoms with Crippen LogP contribution >= 0.6 is 0 Å². The summed E-state index contributed by atoms with van der Waals surface area (Å²) in [6, 6.07) is 16.2. The molecule has 3 aromatic heterocycles. The van der Waals surface area contributed by atoms with Gasteiger partial charge in [0.15, 0.2) is 5.69 Å². The highest BCUT2D eigenvalue weighted by Crippen LogP contribution is 2.35. The molecule has 4 heterocycles. The highest BCUT2D eigenvalue weighted by molar-refractivity contribution is 7.90. The molecule has 0 unspecified atom stereocenters. The molecule has 0 atom stereocenters. The van der Waals surface area contributed by atoms with Gasteiger partial charge in [0.2, 0.25) is 0 Å². The van der Waals surface area contributed by atoms with E-state index in [1.807, 2.05) is 6.92 Å². The van der Waals surface area contributed by atoms with Gasteiger partial charge in [-0.2, -0.15) is 13.2 Å². The molecule has 250 valence electrons. The van der Waals surface area contributed by atoms with E-state index < -0.39 is 39.1 Å². The van der Waals surface area contributed by atoms with Crippen molar-refractivity contribution < 1.29 is 31.1 Å². The lowest BCUT2D eigenvalue weighted by atomic mass is 10.1. The van der Waals surface area contributed by atoms with Crippen molar-refractivity contribution in [2.75, 3.05) is 6.54 Å². The number of hydrogen-bond acceptors (Lipinski definition) is 7. The van der Waals surface area contributed by atoms with E-state index in [-0.39, 0.29) is 22.7 Å². The third-order valence-electron chi connectivity index (χ3n) is 7.97. The topological polar surface area (TPSA) is 116 Å². The van der Waals surface area contributed by atoms with E-state index in [4.69, 9.17) is 4.74 Å². The Labute approximate surface area is 274 Å². The second kappa shape index (κ2) is 11.9. The number of ether oxygens (including phenoxy) is 1. The van der Waals surface area contributed by atoms with Gasteiger partial charge in [-0.15, -0.1) is 10.2 Å². The first-order valence-electron chi connectivity index (χ1n) is 15.1.